The average Bonchev–Trinajstić information content (AvgIpc) is 2.37. The number of nitrogens with one attached hydrogen (secondary N) is 1. The molecule has 0 bridgehead atoms. The number of amides is 1. The number of aliphatic carboxylic acids is 1. The summed E-state index contributed by atoms with van der Waals surface area (Å²) in [6, 6.07) is 2.82. The number of hydrogen-bond acceptors (Lipinski definition) is 2. The molecule has 0 saturated heterocycles. The van der Waals surface area contributed by atoms with E-state index in [1.165, 1.54) is 12.1 Å². The highest BCUT2D eigenvalue weighted by Gasteiger charge is 2.25. The minimum absolute atomic E-state index is 0.163. The van der Waals surface area contributed by atoms with Crippen molar-refractivity contribution in [3.8, 4) is 0 Å². The van der Waals surface area contributed by atoms with Gasteiger partial charge in [-0.3, -0.25) is 4.79 Å². The van der Waals surface area contributed by atoms with Crippen LogP contribution in [-0.2, 0) is 4.79 Å². The lowest BCUT2D eigenvalue weighted by Crippen LogP contribution is -2.45. The Labute approximate surface area is 119 Å². The summed E-state index contributed by atoms with van der Waals surface area (Å²) in [5.41, 5.74) is 0.211. The molecule has 0 aliphatic carbocycles. The van der Waals surface area contributed by atoms with Crippen molar-refractivity contribution in [3.63, 3.8) is 0 Å². The third-order valence-electron chi connectivity index (χ3n) is 2.95. The fourth-order valence-electron chi connectivity index (χ4n) is 1.55. The first kappa shape index (κ1) is 15.6. The molecular weight excluding hydrogens is 317 g/mol. The molecule has 1 unspecified atom stereocenters. The van der Waals surface area contributed by atoms with Crippen molar-refractivity contribution in [1.29, 1.82) is 0 Å². The summed E-state index contributed by atoms with van der Waals surface area (Å²) in [5.74, 6) is -2.28. The first-order valence-corrected chi connectivity index (χ1v) is 6.64. The molecule has 4 nitrogen and oxygen atoms in total. The van der Waals surface area contributed by atoms with Crippen LogP contribution >= 0.6 is 15.9 Å². The Hall–Kier alpha value is -1.43. The molecule has 0 aliphatic heterocycles. The van der Waals surface area contributed by atoms with Gasteiger partial charge in [-0.05, 0) is 40.0 Å². The lowest BCUT2D eigenvalue weighted by Gasteiger charge is -2.20. The quantitative estimate of drug-likeness (QED) is 0.871. The van der Waals surface area contributed by atoms with Crippen LogP contribution in [0.3, 0.4) is 0 Å². The molecule has 1 rings (SSSR count). The topological polar surface area (TPSA) is 66.4 Å². The van der Waals surface area contributed by atoms with Gasteiger partial charge in [-0.1, -0.05) is 20.3 Å². The number of carboxylic acids is 1. The Morgan fingerprint density at radius 2 is 2.11 bits per heavy atom. The van der Waals surface area contributed by atoms with E-state index in [1.54, 1.807) is 6.92 Å². The summed E-state index contributed by atoms with van der Waals surface area (Å²) >= 11 is 2.98. The molecule has 1 aromatic carbocycles. The molecule has 1 amide bonds. The standard InChI is InChI=1S/C13H15BrFNO3/c1-3-7(2)11(13(18)19)16-12(17)8-4-5-10(15)9(14)6-8/h4-7,11H,3H2,1-2H3,(H,16,17)(H,18,19)/t7?,11-/m0/s1. The second-order valence-electron chi connectivity index (χ2n) is 4.30. The van der Waals surface area contributed by atoms with Crippen LogP contribution in [0.25, 0.3) is 0 Å². The van der Waals surface area contributed by atoms with Gasteiger partial charge in [0.2, 0.25) is 0 Å². The summed E-state index contributed by atoms with van der Waals surface area (Å²) in [5, 5.41) is 11.5. The van der Waals surface area contributed by atoms with Crippen molar-refractivity contribution < 1.29 is 19.1 Å². The fraction of sp³-hybridized carbons (Fsp3) is 0.385. The first-order chi connectivity index (χ1) is 8.86. The van der Waals surface area contributed by atoms with Crippen LogP contribution in [-0.4, -0.2) is 23.0 Å². The summed E-state index contributed by atoms with van der Waals surface area (Å²) in [4.78, 5) is 23.0. The molecule has 6 heteroatoms. The molecule has 0 saturated carbocycles. The number of carboxylic acid groups (broad SMARTS) is 1. The Morgan fingerprint density at radius 1 is 1.47 bits per heavy atom. The van der Waals surface area contributed by atoms with Gasteiger partial charge in [0.15, 0.2) is 0 Å². The largest absolute Gasteiger partial charge is 0.480 e. The predicted octanol–water partition coefficient (Wildman–Crippen LogP) is 2.82. The average molecular weight is 332 g/mol. The fourth-order valence-corrected chi connectivity index (χ4v) is 1.92. The van der Waals surface area contributed by atoms with Crippen LogP contribution in [0, 0.1) is 11.7 Å². The minimum Gasteiger partial charge on any atom is -0.480 e. The highest BCUT2D eigenvalue weighted by atomic mass is 79.9. The van der Waals surface area contributed by atoms with E-state index in [1.807, 2.05) is 6.92 Å². The summed E-state index contributed by atoms with van der Waals surface area (Å²) in [6.45, 7) is 3.60. The highest BCUT2D eigenvalue weighted by Crippen LogP contribution is 2.17. The van der Waals surface area contributed by atoms with E-state index in [4.69, 9.17) is 5.11 Å². The number of carbonyl (C=O) groups excluding carboxylic acids is 1. The normalized spacial score (nSPS) is 13.7. The number of rotatable bonds is 5. The molecular formula is C13H15BrFNO3. The SMILES string of the molecule is CCC(C)[C@H](NC(=O)c1ccc(F)c(Br)c1)C(=O)O. The van der Waals surface area contributed by atoms with Gasteiger partial charge in [0.1, 0.15) is 11.9 Å². The predicted molar refractivity (Wildman–Crippen MR) is 72.4 cm³/mol. The minimum atomic E-state index is -1.08. The van der Waals surface area contributed by atoms with E-state index in [9.17, 15) is 14.0 Å². The maximum atomic E-state index is 13.1. The van der Waals surface area contributed by atoms with E-state index < -0.39 is 23.7 Å². The van der Waals surface area contributed by atoms with Crippen LogP contribution in [0.4, 0.5) is 4.39 Å². The van der Waals surface area contributed by atoms with E-state index in [0.717, 1.165) is 6.07 Å². The van der Waals surface area contributed by atoms with Crippen molar-refractivity contribution in [1.82, 2.24) is 5.32 Å². The van der Waals surface area contributed by atoms with Gasteiger partial charge in [0.05, 0.1) is 4.47 Å². The second-order valence-corrected chi connectivity index (χ2v) is 5.16. The van der Waals surface area contributed by atoms with Crippen LogP contribution in [0.15, 0.2) is 22.7 Å². The van der Waals surface area contributed by atoms with Crippen LogP contribution in [0.2, 0.25) is 0 Å². The molecule has 1 aromatic rings. The van der Waals surface area contributed by atoms with Crippen LogP contribution in [0.1, 0.15) is 30.6 Å². The summed E-state index contributed by atoms with van der Waals surface area (Å²) < 4.78 is 13.2. The van der Waals surface area contributed by atoms with Gasteiger partial charge >= 0.3 is 5.97 Å². The van der Waals surface area contributed by atoms with E-state index >= 15 is 0 Å². The zero-order valence-corrected chi connectivity index (χ0v) is 12.2. The smallest absolute Gasteiger partial charge is 0.326 e. The maximum Gasteiger partial charge on any atom is 0.326 e. The number of hydrogen-bond donors (Lipinski definition) is 2. The maximum absolute atomic E-state index is 13.1. The lowest BCUT2D eigenvalue weighted by atomic mass is 9.99. The molecule has 19 heavy (non-hydrogen) atoms. The van der Waals surface area contributed by atoms with Crippen molar-refractivity contribution in [3.05, 3.63) is 34.1 Å². The van der Waals surface area contributed by atoms with Gasteiger partial charge in [0.25, 0.3) is 5.91 Å². The zero-order chi connectivity index (χ0) is 14.6. The van der Waals surface area contributed by atoms with E-state index in [-0.39, 0.29) is 16.0 Å². The Morgan fingerprint density at radius 3 is 2.58 bits per heavy atom. The lowest BCUT2D eigenvalue weighted by molar-refractivity contribution is -0.140. The second kappa shape index (κ2) is 6.65. The third kappa shape index (κ3) is 4.02. The molecule has 2 N–H and O–H groups in total. The molecule has 2 atom stereocenters. The zero-order valence-electron chi connectivity index (χ0n) is 10.6. The van der Waals surface area contributed by atoms with Gasteiger partial charge in [-0.2, -0.15) is 0 Å². The van der Waals surface area contributed by atoms with Crippen molar-refractivity contribution in [2.75, 3.05) is 0 Å². The highest BCUT2D eigenvalue weighted by molar-refractivity contribution is 9.10. The molecule has 0 heterocycles. The third-order valence-corrected chi connectivity index (χ3v) is 3.56. The Balaban J connectivity index is 2.87. The van der Waals surface area contributed by atoms with Crippen molar-refractivity contribution in [2.45, 2.75) is 26.3 Å². The first-order valence-electron chi connectivity index (χ1n) is 5.85. The molecule has 0 fully saturated rings. The number of halogens is 2. The van der Waals surface area contributed by atoms with Gasteiger partial charge in [0, 0.05) is 5.56 Å². The Bertz CT molecular complexity index is 493. The van der Waals surface area contributed by atoms with Crippen LogP contribution < -0.4 is 5.32 Å². The van der Waals surface area contributed by atoms with Crippen molar-refractivity contribution >= 4 is 27.8 Å². The van der Waals surface area contributed by atoms with E-state index in [0.29, 0.717) is 6.42 Å². The molecule has 104 valence electrons. The summed E-state index contributed by atoms with van der Waals surface area (Å²) in [6.07, 6.45) is 0.629. The molecule has 0 aromatic heterocycles. The van der Waals surface area contributed by atoms with Gasteiger partial charge in [-0.15, -0.1) is 0 Å². The summed E-state index contributed by atoms with van der Waals surface area (Å²) in [7, 11) is 0. The number of benzene rings is 1. The monoisotopic (exact) mass is 331 g/mol. The molecule has 0 radical (unpaired) electrons. The van der Waals surface area contributed by atoms with E-state index in [2.05, 4.69) is 21.2 Å². The van der Waals surface area contributed by atoms with Crippen molar-refractivity contribution in [2.24, 2.45) is 5.92 Å². The Kier molecular flexibility index (Phi) is 5.47. The van der Waals surface area contributed by atoms with Gasteiger partial charge < -0.3 is 10.4 Å². The van der Waals surface area contributed by atoms with Gasteiger partial charge in [-0.25, -0.2) is 9.18 Å². The van der Waals surface area contributed by atoms with Crippen LogP contribution in [0.5, 0.6) is 0 Å². The molecule has 0 aliphatic rings. The number of carbonyl (C=O) groups is 2. The molecule has 0 spiro atoms.